The molecule has 1 atom stereocenters. The van der Waals surface area contributed by atoms with Crippen LogP contribution in [0.15, 0.2) is 0 Å². The first-order chi connectivity index (χ1) is 2.89. The van der Waals surface area contributed by atoms with Gasteiger partial charge in [-0.15, -0.1) is 7.05 Å². The third kappa shape index (κ3) is 0.884. The van der Waals surface area contributed by atoms with Gasteiger partial charge in [0, 0.05) is 18.4 Å². The van der Waals surface area contributed by atoms with E-state index in [2.05, 4.69) is 7.05 Å². The third-order valence-corrected chi connectivity index (χ3v) is 2.01. The molecule has 1 aliphatic rings. The summed E-state index contributed by atoms with van der Waals surface area (Å²) < 4.78 is 1.37. The fourth-order valence-electron chi connectivity index (χ4n) is 0.558. The number of hydrogen-bond acceptors (Lipinski definition) is 1. The second-order valence-electron chi connectivity index (χ2n) is 1.49. The van der Waals surface area contributed by atoms with Gasteiger partial charge in [0.1, 0.15) is 0 Å². The van der Waals surface area contributed by atoms with Crippen LogP contribution in [0.2, 0.25) is 0 Å². The number of nitrogens with one attached hydrogen (secondary N) is 1. The molecule has 0 radical (unpaired) electrons. The van der Waals surface area contributed by atoms with Gasteiger partial charge in [-0.3, -0.25) is 0 Å². The molecule has 1 heterocycles. The fraction of sp³-hybridized carbons (Fsp3) is 0.750. The maximum Gasteiger partial charge on any atom is 0.0642 e. The SMILES string of the molecule is [CH2-][NH+]1CCCS1. The Morgan fingerprint density at radius 3 is 2.67 bits per heavy atom. The average Bonchev–Trinajstić information content (AvgIpc) is 1.86. The van der Waals surface area contributed by atoms with E-state index in [9.17, 15) is 0 Å². The van der Waals surface area contributed by atoms with Crippen molar-refractivity contribution in [3.05, 3.63) is 7.05 Å². The molecule has 1 fully saturated rings. The van der Waals surface area contributed by atoms with Gasteiger partial charge in [-0.25, -0.2) is 0 Å². The van der Waals surface area contributed by atoms with Crippen molar-refractivity contribution in [1.29, 1.82) is 0 Å². The van der Waals surface area contributed by atoms with Crippen LogP contribution in [0, 0.1) is 7.05 Å². The van der Waals surface area contributed by atoms with Crippen LogP contribution in [0.4, 0.5) is 0 Å². The Bertz CT molecular complexity index is 40.8. The second kappa shape index (κ2) is 1.85. The Morgan fingerprint density at radius 2 is 2.50 bits per heavy atom. The summed E-state index contributed by atoms with van der Waals surface area (Å²) in [6, 6.07) is 0. The minimum atomic E-state index is 1.25. The summed E-state index contributed by atoms with van der Waals surface area (Å²) in [6.45, 7) is 1.25. The Labute approximate surface area is 42.8 Å². The van der Waals surface area contributed by atoms with E-state index in [-0.39, 0.29) is 0 Å². The summed E-state index contributed by atoms with van der Waals surface area (Å²) in [5, 5.41) is 0. The van der Waals surface area contributed by atoms with Gasteiger partial charge in [0.15, 0.2) is 0 Å². The molecule has 2 heteroatoms. The Balaban J connectivity index is 2.18. The lowest BCUT2D eigenvalue weighted by atomic mass is 10.5. The van der Waals surface area contributed by atoms with E-state index >= 15 is 0 Å². The molecule has 1 nitrogen and oxygen atoms in total. The summed E-state index contributed by atoms with van der Waals surface area (Å²) in [6.07, 6.45) is 1.35. The molecular weight excluding hydrogens is 94.1 g/mol. The number of hydrogen-bond donors (Lipinski definition) is 1. The topological polar surface area (TPSA) is 4.44 Å². The zero-order chi connectivity index (χ0) is 4.41. The van der Waals surface area contributed by atoms with E-state index in [4.69, 9.17) is 0 Å². The van der Waals surface area contributed by atoms with Crippen molar-refractivity contribution < 1.29 is 4.31 Å². The number of quaternary nitrogens is 1. The maximum absolute atomic E-state index is 3.82. The predicted octanol–water partition coefficient (Wildman–Crippen LogP) is -0.285. The van der Waals surface area contributed by atoms with Crippen LogP contribution in [-0.4, -0.2) is 12.3 Å². The molecular formula is C4H9NS. The normalized spacial score (nSPS) is 34.5. The van der Waals surface area contributed by atoms with Gasteiger partial charge in [-0.1, -0.05) is 0 Å². The van der Waals surface area contributed by atoms with Crippen LogP contribution in [-0.2, 0) is 0 Å². The van der Waals surface area contributed by atoms with Crippen molar-refractivity contribution in [2.75, 3.05) is 12.3 Å². The largest absolute Gasteiger partial charge is 0.405 e. The summed E-state index contributed by atoms with van der Waals surface area (Å²) in [5.74, 6) is 1.30. The molecule has 1 aliphatic heterocycles. The van der Waals surface area contributed by atoms with Crippen molar-refractivity contribution in [2.45, 2.75) is 6.42 Å². The molecule has 0 saturated carbocycles. The first kappa shape index (κ1) is 4.47. The first-order valence-electron chi connectivity index (χ1n) is 2.20. The minimum Gasteiger partial charge on any atom is -0.405 e. The summed E-state index contributed by atoms with van der Waals surface area (Å²) in [5.41, 5.74) is 0. The van der Waals surface area contributed by atoms with Crippen LogP contribution in [0.5, 0.6) is 0 Å². The van der Waals surface area contributed by atoms with E-state index in [1.54, 1.807) is 0 Å². The monoisotopic (exact) mass is 103 g/mol. The Morgan fingerprint density at radius 1 is 1.67 bits per heavy atom. The molecule has 1 rings (SSSR count). The van der Waals surface area contributed by atoms with Crippen LogP contribution in [0.1, 0.15) is 6.42 Å². The zero-order valence-electron chi connectivity index (χ0n) is 3.74. The molecule has 1 saturated heterocycles. The molecule has 1 unspecified atom stereocenters. The molecule has 0 aliphatic carbocycles. The standard InChI is InChI=1S/C4H9NS/c1-5-3-2-4-6-5/h5H,1-4H2. The smallest absolute Gasteiger partial charge is 0.0642 e. The van der Waals surface area contributed by atoms with E-state index in [0.29, 0.717) is 0 Å². The van der Waals surface area contributed by atoms with Crippen molar-refractivity contribution >= 4 is 11.9 Å². The van der Waals surface area contributed by atoms with Crippen molar-refractivity contribution in [2.24, 2.45) is 0 Å². The van der Waals surface area contributed by atoms with Gasteiger partial charge in [0.05, 0.1) is 12.3 Å². The van der Waals surface area contributed by atoms with E-state index in [1.807, 2.05) is 11.9 Å². The lowest BCUT2D eigenvalue weighted by molar-refractivity contribution is -0.694. The summed E-state index contributed by atoms with van der Waals surface area (Å²) in [7, 11) is 3.82. The van der Waals surface area contributed by atoms with Gasteiger partial charge in [-0.2, -0.15) is 0 Å². The Kier molecular flexibility index (Phi) is 1.37. The molecule has 6 heavy (non-hydrogen) atoms. The lowest BCUT2D eigenvalue weighted by Gasteiger charge is -2.05. The molecule has 0 aromatic carbocycles. The molecule has 0 aromatic heterocycles. The van der Waals surface area contributed by atoms with Crippen molar-refractivity contribution in [1.82, 2.24) is 0 Å². The highest BCUT2D eigenvalue weighted by atomic mass is 32.2. The lowest BCUT2D eigenvalue weighted by Crippen LogP contribution is -2.97. The van der Waals surface area contributed by atoms with Gasteiger partial charge < -0.3 is 4.31 Å². The van der Waals surface area contributed by atoms with Gasteiger partial charge >= 0.3 is 0 Å². The van der Waals surface area contributed by atoms with Crippen molar-refractivity contribution in [3.63, 3.8) is 0 Å². The zero-order valence-corrected chi connectivity index (χ0v) is 4.55. The van der Waals surface area contributed by atoms with E-state index < -0.39 is 0 Å². The quantitative estimate of drug-likeness (QED) is 0.326. The van der Waals surface area contributed by atoms with Crippen LogP contribution < -0.4 is 4.31 Å². The molecule has 0 spiro atoms. The molecule has 0 bridgehead atoms. The highest BCUT2D eigenvalue weighted by Gasteiger charge is 2.05. The van der Waals surface area contributed by atoms with Crippen LogP contribution in [0.3, 0.4) is 0 Å². The molecule has 1 N–H and O–H groups in total. The van der Waals surface area contributed by atoms with Gasteiger partial charge in [0.2, 0.25) is 0 Å². The molecule has 0 aromatic rings. The highest BCUT2D eigenvalue weighted by Crippen LogP contribution is 1.95. The first-order valence-corrected chi connectivity index (χ1v) is 3.19. The Hall–Kier alpha value is 0.310. The summed E-state index contributed by atoms with van der Waals surface area (Å²) >= 11 is 1.90. The number of rotatable bonds is 0. The summed E-state index contributed by atoms with van der Waals surface area (Å²) in [4.78, 5) is 0. The average molecular weight is 103 g/mol. The molecule has 0 amide bonds. The van der Waals surface area contributed by atoms with Crippen LogP contribution in [0.25, 0.3) is 0 Å². The van der Waals surface area contributed by atoms with Gasteiger partial charge in [0.25, 0.3) is 0 Å². The van der Waals surface area contributed by atoms with E-state index in [1.165, 1.54) is 23.0 Å². The highest BCUT2D eigenvalue weighted by molar-refractivity contribution is 7.93. The van der Waals surface area contributed by atoms with Crippen molar-refractivity contribution in [3.8, 4) is 0 Å². The predicted molar refractivity (Wildman–Crippen MR) is 28.3 cm³/mol. The van der Waals surface area contributed by atoms with E-state index in [0.717, 1.165) is 0 Å². The fourth-order valence-corrected chi connectivity index (χ4v) is 1.42. The maximum atomic E-state index is 3.82. The minimum absolute atomic E-state index is 1.25. The molecule has 36 valence electrons. The van der Waals surface area contributed by atoms with Crippen LogP contribution >= 0.6 is 11.9 Å². The second-order valence-corrected chi connectivity index (χ2v) is 2.76. The third-order valence-electron chi connectivity index (χ3n) is 0.906. The van der Waals surface area contributed by atoms with Gasteiger partial charge in [-0.05, 0) is 0 Å².